The fraction of sp³-hybridized carbons (Fsp3) is 0.462. The van der Waals surface area contributed by atoms with Gasteiger partial charge in [-0.25, -0.2) is 0 Å². The minimum atomic E-state index is -0.189. The molecule has 0 aromatic heterocycles. The van der Waals surface area contributed by atoms with E-state index >= 15 is 0 Å². The average molecular weight is 265 g/mol. The zero-order chi connectivity index (χ0) is 14.0. The molecule has 0 unspecified atom stereocenters. The van der Waals surface area contributed by atoms with Gasteiger partial charge in [-0.05, 0) is 12.0 Å². The number of ether oxygens (including phenoxy) is 1. The van der Waals surface area contributed by atoms with Gasteiger partial charge in [0.25, 0.3) is 5.91 Å². The number of fused-ring (bicyclic) bond motifs is 1. The van der Waals surface area contributed by atoms with Crippen molar-refractivity contribution in [2.75, 3.05) is 29.6 Å². The summed E-state index contributed by atoms with van der Waals surface area (Å²) in [4.78, 5) is 11.3. The highest BCUT2D eigenvalue weighted by Crippen LogP contribution is 2.35. The normalized spacial score (nSPS) is 15.5. The molecule has 1 aromatic carbocycles. The molecule has 0 aliphatic carbocycles. The van der Waals surface area contributed by atoms with E-state index in [1.165, 1.54) is 0 Å². The number of aliphatic hydroxyl groups excluding tert-OH is 1. The van der Waals surface area contributed by atoms with Crippen LogP contribution in [0.15, 0.2) is 12.1 Å². The highest BCUT2D eigenvalue weighted by molar-refractivity contribution is 5.97. The molecule has 1 aromatic rings. The first kappa shape index (κ1) is 13.5. The van der Waals surface area contributed by atoms with Crippen LogP contribution in [-0.2, 0) is 4.79 Å². The first-order valence-electron chi connectivity index (χ1n) is 6.25. The van der Waals surface area contributed by atoms with E-state index in [-0.39, 0.29) is 31.1 Å². The van der Waals surface area contributed by atoms with Crippen LogP contribution < -0.4 is 21.1 Å². The molecule has 1 aliphatic rings. The Kier molecular flexibility index (Phi) is 3.80. The molecular formula is C13H19N3O3. The van der Waals surface area contributed by atoms with Crippen LogP contribution in [0.25, 0.3) is 0 Å². The van der Waals surface area contributed by atoms with Gasteiger partial charge in [-0.3, -0.25) is 4.79 Å². The van der Waals surface area contributed by atoms with Crippen LogP contribution in [0.3, 0.4) is 0 Å². The number of anilines is 3. The SMILES string of the molecule is CC(C)[C@@H](CO)Nc1cc2c(cc1N)OCC(=O)N2. The number of benzene rings is 1. The zero-order valence-electron chi connectivity index (χ0n) is 11.1. The molecule has 0 radical (unpaired) electrons. The molecule has 0 spiro atoms. The van der Waals surface area contributed by atoms with Crippen LogP contribution in [0, 0.1) is 5.92 Å². The van der Waals surface area contributed by atoms with E-state index in [9.17, 15) is 9.90 Å². The maximum Gasteiger partial charge on any atom is 0.262 e. The first-order chi connectivity index (χ1) is 9.01. The van der Waals surface area contributed by atoms with Crippen LogP contribution in [-0.4, -0.2) is 30.3 Å². The number of hydrogen-bond acceptors (Lipinski definition) is 5. The van der Waals surface area contributed by atoms with E-state index in [0.29, 0.717) is 22.8 Å². The molecule has 1 heterocycles. The number of hydrogen-bond donors (Lipinski definition) is 4. The fourth-order valence-corrected chi connectivity index (χ4v) is 1.89. The number of carbonyl (C=O) groups is 1. The van der Waals surface area contributed by atoms with Crippen molar-refractivity contribution in [2.45, 2.75) is 19.9 Å². The summed E-state index contributed by atoms with van der Waals surface area (Å²) in [6.45, 7) is 4.03. The van der Waals surface area contributed by atoms with E-state index in [2.05, 4.69) is 10.6 Å². The van der Waals surface area contributed by atoms with Gasteiger partial charge in [-0.2, -0.15) is 0 Å². The fourth-order valence-electron chi connectivity index (χ4n) is 1.89. The summed E-state index contributed by atoms with van der Waals surface area (Å²) < 4.78 is 5.28. The van der Waals surface area contributed by atoms with E-state index in [1.807, 2.05) is 13.8 Å². The van der Waals surface area contributed by atoms with Crippen molar-refractivity contribution in [3.63, 3.8) is 0 Å². The lowest BCUT2D eigenvalue weighted by atomic mass is 10.0. The van der Waals surface area contributed by atoms with Gasteiger partial charge in [0.05, 0.1) is 29.7 Å². The summed E-state index contributed by atoms with van der Waals surface area (Å²) in [6.07, 6.45) is 0. The summed E-state index contributed by atoms with van der Waals surface area (Å²) in [5.74, 6) is 0.629. The van der Waals surface area contributed by atoms with Gasteiger partial charge in [-0.15, -0.1) is 0 Å². The van der Waals surface area contributed by atoms with Gasteiger partial charge in [0.2, 0.25) is 0 Å². The second-order valence-electron chi connectivity index (χ2n) is 4.95. The number of nitrogen functional groups attached to an aromatic ring is 1. The first-order valence-corrected chi connectivity index (χ1v) is 6.25. The summed E-state index contributed by atoms with van der Waals surface area (Å²) in [7, 11) is 0. The Bertz CT molecular complexity index is 488. The summed E-state index contributed by atoms with van der Waals surface area (Å²) in [5.41, 5.74) is 7.74. The van der Waals surface area contributed by atoms with Gasteiger partial charge in [0.15, 0.2) is 6.61 Å². The molecule has 1 aliphatic heterocycles. The van der Waals surface area contributed by atoms with Gasteiger partial charge in [0, 0.05) is 6.07 Å². The molecule has 0 fully saturated rings. The minimum absolute atomic E-state index is 0.00444. The molecule has 1 amide bonds. The Hall–Kier alpha value is -1.95. The van der Waals surface area contributed by atoms with Crippen LogP contribution in [0.1, 0.15) is 13.8 Å². The maximum atomic E-state index is 11.3. The van der Waals surface area contributed by atoms with Crippen molar-refractivity contribution in [1.29, 1.82) is 0 Å². The average Bonchev–Trinajstić information content (AvgIpc) is 2.36. The van der Waals surface area contributed by atoms with Gasteiger partial charge in [0.1, 0.15) is 5.75 Å². The number of aliphatic hydroxyl groups is 1. The predicted octanol–water partition coefficient (Wildman–Crippen LogP) is 1.03. The van der Waals surface area contributed by atoms with Crippen molar-refractivity contribution < 1.29 is 14.6 Å². The summed E-state index contributed by atoms with van der Waals surface area (Å²) in [6, 6.07) is 3.30. The second-order valence-corrected chi connectivity index (χ2v) is 4.95. The van der Waals surface area contributed by atoms with E-state index in [1.54, 1.807) is 12.1 Å². The minimum Gasteiger partial charge on any atom is -0.482 e. The van der Waals surface area contributed by atoms with E-state index < -0.39 is 0 Å². The Morgan fingerprint density at radius 1 is 1.53 bits per heavy atom. The molecule has 19 heavy (non-hydrogen) atoms. The zero-order valence-corrected chi connectivity index (χ0v) is 11.1. The summed E-state index contributed by atoms with van der Waals surface area (Å²) >= 11 is 0. The van der Waals surface area contributed by atoms with Crippen molar-refractivity contribution in [3.8, 4) is 5.75 Å². The molecule has 1 atom stereocenters. The smallest absolute Gasteiger partial charge is 0.262 e. The summed E-state index contributed by atoms with van der Waals surface area (Å²) in [5, 5.41) is 15.2. The number of amides is 1. The van der Waals surface area contributed by atoms with E-state index in [0.717, 1.165) is 0 Å². The molecular weight excluding hydrogens is 246 g/mol. The Morgan fingerprint density at radius 3 is 2.89 bits per heavy atom. The van der Waals surface area contributed by atoms with Crippen LogP contribution >= 0.6 is 0 Å². The molecule has 6 heteroatoms. The molecule has 0 saturated carbocycles. The third-order valence-corrected chi connectivity index (χ3v) is 3.13. The largest absolute Gasteiger partial charge is 0.482 e. The highest BCUT2D eigenvalue weighted by atomic mass is 16.5. The Morgan fingerprint density at radius 2 is 2.26 bits per heavy atom. The lowest BCUT2D eigenvalue weighted by molar-refractivity contribution is -0.118. The predicted molar refractivity (Wildman–Crippen MR) is 74.3 cm³/mol. The lowest BCUT2D eigenvalue weighted by Gasteiger charge is -2.24. The van der Waals surface area contributed by atoms with Crippen LogP contribution in [0.4, 0.5) is 17.1 Å². The van der Waals surface area contributed by atoms with Crippen molar-refractivity contribution >= 4 is 23.0 Å². The molecule has 2 rings (SSSR count). The Labute approximate surface area is 111 Å². The third kappa shape index (κ3) is 2.90. The van der Waals surface area contributed by atoms with Gasteiger partial charge in [-0.1, -0.05) is 13.8 Å². The number of nitrogens with two attached hydrogens (primary N) is 1. The topological polar surface area (TPSA) is 96.6 Å². The van der Waals surface area contributed by atoms with Crippen LogP contribution in [0.5, 0.6) is 5.75 Å². The quantitative estimate of drug-likeness (QED) is 0.610. The number of nitrogens with one attached hydrogen (secondary N) is 2. The molecule has 5 N–H and O–H groups in total. The third-order valence-electron chi connectivity index (χ3n) is 3.13. The molecule has 6 nitrogen and oxygen atoms in total. The highest BCUT2D eigenvalue weighted by Gasteiger charge is 2.19. The standard InChI is InChI=1S/C13H19N3O3/c1-7(2)11(5-17)15-9-4-10-12(3-8(9)14)19-6-13(18)16-10/h3-4,7,11,15,17H,5-6,14H2,1-2H3,(H,16,18)/t11-/m1/s1. The molecule has 104 valence electrons. The van der Waals surface area contributed by atoms with Crippen molar-refractivity contribution in [3.05, 3.63) is 12.1 Å². The molecule has 0 bridgehead atoms. The number of rotatable bonds is 4. The van der Waals surface area contributed by atoms with Crippen LogP contribution in [0.2, 0.25) is 0 Å². The van der Waals surface area contributed by atoms with Gasteiger partial charge < -0.3 is 26.2 Å². The molecule has 0 saturated heterocycles. The second kappa shape index (κ2) is 5.36. The number of carbonyl (C=O) groups excluding carboxylic acids is 1. The van der Waals surface area contributed by atoms with Gasteiger partial charge >= 0.3 is 0 Å². The Balaban J connectivity index is 2.26. The van der Waals surface area contributed by atoms with Crippen molar-refractivity contribution in [1.82, 2.24) is 0 Å². The van der Waals surface area contributed by atoms with E-state index in [4.69, 9.17) is 10.5 Å². The van der Waals surface area contributed by atoms with Crippen molar-refractivity contribution in [2.24, 2.45) is 5.92 Å². The monoisotopic (exact) mass is 265 g/mol. The maximum absolute atomic E-state index is 11.3. The lowest BCUT2D eigenvalue weighted by Crippen LogP contribution is -2.30.